The summed E-state index contributed by atoms with van der Waals surface area (Å²) in [7, 11) is 0. The van der Waals surface area contributed by atoms with E-state index in [1.807, 2.05) is 13.8 Å². The summed E-state index contributed by atoms with van der Waals surface area (Å²) in [6, 6.07) is 12.9. The van der Waals surface area contributed by atoms with Crippen LogP contribution in [0.1, 0.15) is 47.9 Å². The van der Waals surface area contributed by atoms with Gasteiger partial charge in [0, 0.05) is 6.42 Å². The molecule has 0 atom stereocenters. The second kappa shape index (κ2) is 11.7. The first-order valence-corrected chi connectivity index (χ1v) is 9.28. The van der Waals surface area contributed by atoms with Crippen LogP contribution in [0.3, 0.4) is 0 Å². The van der Waals surface area contributed by atoms with Gasteiger partial charge in [-0.2, -0.15) is 0 Å². The molecule has 0 aliphatic rings. The van der Waals surface area contributed by atoms with Crippen molar-refractivity contribution < 1.29 is 38.6 Å². The maximum absolute atomic E-state index is 12.1. The van der Waals surface area contributed by atoms with Gasteiger partial charge in [-0.15, -0.1) is 9.78 Å². The van der Waals surface area contributed by atoms with Crippen LogP contribution in [0.15, 0.2) is 48.5 Å². The van der Waals surface area contributed by atoms with Gasteiger partial charge < -0.3 is 9.47 Å². The van der Waals surface area contributed by atoms with E-state index in [0.29, 0.717) is 24.7 Å². The molecule has 0 N–H and O–H groups in total. The van der Waals surface area contributed by atoms with Crippen LogP contribution < -0.4 is 9.47 Å². The lowest BCUT2D eigenvalue weighted by Gasteiger charge is -2.13. The van der Waals surface area contributed by atoms with Gasteiger partial charge in [-0.3, -0.25) is 9.78 Å². The molecule has 0 aromatic heterocycles. The maximum Gasteiger partial charge on any atom is 0.373 e. The lowest BCUT2D eigenvalue weighted by molar-refractivity contribution is -0.420. The van der Waals surface area contributed by atoms with Gasteiger partial charge in [-0.1, -0.05) is 19.1 Å². The molecule has 0 bridgehead atoms. The molecular weight excluding hydrogens is 380 g/mol. The van der Waals surface area contributed by atoms with Gasteiger partial charge >= 0.3 is 11.9 Å². The number of rotatable bonds is 11. The minimum absolute atomic E-state index is 0.246. The Bertz CT molecular complexity index is 739. The van der Waals surface area contributed by atoms with Gasteiger partial charge in [0.15, 0.2) is 0 Å². The van der Waals surface area contributed by atoms with E-state index in [-0.39, 0.29) is 17.5 Å². The highest BCUT2D eigenvalue weighted by atomic mass is 17.3. The predicted molar refractivity (Wildman–Crippen MR) is 102 cm³/mol. The molecule has 0 radical (unpaired) electrons. The Morgan fingerprint density at radius 2 is 1.21 bits per heavy atom. The third-order valence-corrected chi connectivity index (χ3v) is 3.56. The van der Waals surface area contributed by atoms with Crippen molar-refractivity contribution in [2.24, 2.45) is 0 Å². The van der Waals surface area contributed by atoms with E-state index in [2.05, 4.69) is 0 Å². The molecule has 0 unspecified atom stereocenters. The second-order valence-electron chi connectivity index (χ2n) is 5.69. The summed E-state index contributed by atoms with van der Waals surface area (Å²) in [6.45, 7) is 6.33. The molecular formula is C21H24O8. The molecule has 0 aliphatic heterocycles. The van der Waals surface area contributed by atoms with E-state index < -0.39 is 18.2 Å². The molecule has 0 spiro atoms. The molecule has 2 rings (SSSR count). The normalized spacial score (nSPS) is 10.5. The Labute approximate surface area is 169 Å². The van der Waals surface area contributed by atoms with E-state index >= 15 is 0 Å². The lowest BCUT2D eigenvalue weighted by atomic mass is 10.2. The first kappa shape index (κ1) is 22.2. The molecule has 0 saturated carbocycles. The van der Waals surface area contributed by atoms with Gasteiger partial charge in [-0.05, 0) is 50.2 Å². The van der Waals surface area contributed by atoms with E-state index in [9.17, 15) is 9.59 Å². The van der Waals surface area contributed by atoms with Crippen LogP contribution in [0.25, 0.3) is 0 Å². The fourth-order valence-electron chi connectivity index (χ4n) is 2.20. The number of benzene rings is 2. The summed E-state index contributed by atoms with van der Waals surface area (Å²) in [6.07, 6.45) is -0.827. The SMILES string of the molecule is CCOc1cccc(C(=O)OOC(CC)OOC(=O)c2cccc(OCC)c2)c1. The van der Waals surface area contributed by atoms with E-state index in [4.69, 9.17) is 29.0 Å². The summed E-state index contributed by atoms with van der Waals surface area (Å²) < 4.78 is 10.7. The van der Waals surface area contributed by atoms with Gasteiger partial charge in [0.2, 0.25) is 6.29 Å². The zero-order chi connectivity index (χ0) is 21.1. The fourth-order valence-corrected chi connectivity index (χ4v) is 2.20. The molecule has 8 nitrogen and oxygen atoms in total. The van der Waals surface area contributed by atoms with Crippen molar-refractivity contribution in [3.05, 3.63) is 59.7 Å². The number of carbonyl (C=O) groups excluding carboxylic acids is 2. The Hall–Kier alpha value is -3.10. The summed E-state index contributed by atoms with van der Waals surface area (Å²) in [5.74, 6) is -0.393. The van der Waals surface area contributed by atoms with Crippen molar-refractivity contribution in [1.82, 2.24) is 0 Å². The molecule has 8 heteroatoms. The molecule has 2 aromatic carbocycles. The summed E-state index contributed by atoms with van der Waals surface area (Å²) >= 11 is 0. The second-order valence-corrected chi connectivity index (χ2v) is 5.69. The minimum atomic E-state index is -1.09. The first-order valence-electron chi connectivity index (χ1n) is 9.28. The Kier molecular flexibility index (Phi) is 8.94. The van der Waals surface area contributed by atoms with Crippen molar-refractivity contribution in [3.63, 3.8) is 0 Å². The topological polar surface area (TPSA) is 89.5 Å². The van der Waals surface area contributed by atoms with Crippen LogP contribution in [-0.2, 0) is 19.6 Å². The molecule has 2 aromatic rings. The quantitative estimate of drug-likeness (QED) is 0.314. The van der Waals surface area contributed by atoms with Crippen molar-refractivity contribution >= 4 is 11.9 Å². The number of hydrogen-bond donors (Lipinski definition) is 0. The van der Waals surface area contributed by atoms with Crippen LogP contribution in [0.4, 0.5) is 0 Å². The van der Waals surface area contributed by atoms with Gasteiger partial charge in [0.05, 0.1) is 24.3 Å². The monoisotopic (exact) mass is 404 g/mol. The fraction of sp³-hybridized carbons (Fsp3) is 0.333. The molecule has 0 fully saturated rings. The zero-order valence-corrected chi connectivity index (χ0v) is 16.6. The highest BCUT2D eigenvalue weighted by molar-refractivity contribution is 5.89. The number of carbonyl (C=O) groups is 2. The Balaban J connectivity index is 1.85. The van der Waals surface area contributed by atoms with E-state index in [1.54, 1.807) is 43.3 Å². The predicted octanol–water partition coefficient (Wildman–Crippen LogP) is 4.10. The van der Waals surface area contributed by atoms with E-state index in [1.165, 1.54) is 12.1 Å². The van der Waals surface area contributed by atoms with Gasteiger partial charge in [0.1, 0.15) is 11.5 Å². The van der Waals surface area contributed by atoms with Crippen molar-refractivity contribution in [1.29, 1.82) is 0 Å². The molecule has 0 heterocycles. The van der Waals surface area contributed by atoms with Gasteiger partial charge in [0.25, 0.3) is 0 Å². The largest absolute Gasteiger partial charge is 0.494 e. The highest BCUT2D eigenvalue weighted by Gasteiger charge is 2.18. The van der Waals surface area contributed by atoms with Crippen LogP contribution in [0.2, 0.25) is 0 Å². The molecule has 156 valence electrons. The number of hydrogen-bond acceptors (Lipinski definition) is 8. The number of ether oxygens (including phenoxy) is 2. The highest BCUT2D eigenvalue weighted by Crippen LogP contribution is 2.16. The van der Waals surface area contributed by atoms with Crippen LogP contribution in [0, 0.1) is 0 Å². The Morgan fingerprint density at radius 3 is 1.59 bits per heavy atom. The van der Waals surface area contributed by atoms with Crippen LogP contribution in [-0.4, -0.2) is 31.4 Å². The summed E-state index contributed by atoms with van der Waals surface area (Å²) in [5.41, 5.74) is 0.492. The van der Waals surface area contributed by atoms with E-state index in [0.717, 1.165) is 0 Å². The summed E-state index contributed by atoms with van der Waals surface area (Å²) in [4.78, 5) is 43.6. The van der Waals surface area contributed by atoms with Crippen LogP contribution >= 0.6 is 0 Å². The first-order chi connectivity index (χ1) is 14.1. The van der Waals surface area contributed by atoms with Gasteiger partial charge in [-0.25, -0.2) is 9.59 Å². The lowest BCUT2D eigenvalue weighted by Crippen LogP contribution is -2.21. The molecule has 0 aliphatic carbocycles. The standard InChI is InChI=1S/C21H24O8/c1-4-19(26-28-20(22)15-9-7-11-17(13-15)24-5-2)27-29-21(23)16-10-8-12-18(14-16)25-6-3/h7-14,19H,4-6H2,1-3H3. The van der Waals surface area contributed by atoms with Crippen LogP contribution in [0.5, 0.6) is 11.5 Å². The third-order valence-electron chi connectivity index (χ3n) is 3.56. The maximum atomic E-state index is 12.1. The minimum Gasteiger partial charge on any atom is -0.494 e. The molecule has 0 amide bonds. The zero-order valence-electron chi connectivity index (χ0n) is 16.6. The third kappa shape index (κ3) is 7.10. The molecule has 29 heavy (non-hydrogen) atoms. The van der Waals surface area contributed by atoms with Crippen molar-refractivity contribution in [3.8, 4) is 11.5 Å². The smallest absolute Gasteiger partial charge is 0.373 e. The molecule has 0 saturated heterocycles. The average Bonchev–Trinajstić information content (AvgIpc) is 2.74. The summed E-state index contributed by atoms with van der Waals surface area (Å²) in [5, 5.41) is 0. The van der Waals surface area contributed by atoms with Crippen molar-refractivity contribution in [2.75, 3.05) is 13.2 Å². The average molecular weight is 404 g/mol. The van der Waals surface area contributed by atoms with Crippen molar-refractivity contribution in [2.45, 2.75) is 33.5 Å². The Morgan fingerprint density at radius 1 is 0.759 bits per heavy atom.